The van der Waals surface area contributed by atoms with Gasteiger partial charge in [-0.15, -0.1) is 0 Å². The van der Waals surface area contributed by atoms with Crippen molar-refractivity contribution in [1.29, 1.82) is 0 Å². The summed E-state index contributed by atoms with van der Waals surface area (Å²) in [5, 5.41) is 4.09. The van der Waals surface area contributed by atoms with E-state index in [2.05, 4.69) is 10.1 Å². The fourth-order valence-electron chi connectivity index (χ4n) is 4.07. The Morgan fingerprint density at radius 2 is 2.00 bits per heavy atom. The van der Waals surface area contributed by atoms with Crippen LogP contribution in [0.15, 0.2) is 4.52 Å². The fraction of sp³-hybridized carbons (Fsp3) is 0.833. The monoisotopic (exact) mass is 320 g/mol. The Kier molecular flexibility index (Phi) is 4.43. The summed E-state index contributed by atoms with van der Waals surface area (Å²) < 4.78 is 17.3. The van der Waals surface area contributed by atoms with Gasteiger partial charge in [-0.3, -0.25) is 4.90 Å². The number of aryl methyl sites for hydroxylation is 2. The van der Waals surface area contributed by atoms with Crippen LogP contribution in [0.3, 0.4) is 0 Å². The summed E-state index contributed by atoms with van der Waals surface area (Å²) in [4.78, 5) is 2.57. The Morgan fingerprint density at radius 1 is 1.17 bits per heavy atom. The molecule has 0 N–H and O–H groups in total. The Labute approximate surface area is 138 Å². The molecule has 0 unspecified atom stereocenters. The lowest BCUT2D eigenvalue weighted by Gasteiger charge is -2.37. The van der Waals surface area contributed by atoms with Crippen LogP contribution in [-0.2, 0) is 16.0 Å². The van der Waals surface area contributed by atoms with Crippen LogP contribution < -0.4 is 0 Å². The minimum absolute atomic E-state index is 0.374. The molecule has 1 saturated heterocycles. The summed E-state index contributed by atoms with van der Waals surface area (Å²) in [6.45, 7) is 8.69. The van der Waals surface area contributed by atoms with E-state index in [9.17, 15) is 0 Å². The van der Waals surface area contributed by atoms with Gasteiger partial charge in [0.1, 0.15) is 5.76 Å². The molecule has 0 spiro atoms. The molecule has 1 aromatic rings. The van der Waals surface area contributed by atoms with E-state index in [1.807, 2.05) is 13.8 Å². The van der Waals surface area contributed by atoms with Gasteiger partial charge in [-0.25, -0.2) is 0 Å². The summed E-state index contributed by atoms with van der Waals surface area (Å²) in [6.07, 6.45) is 5.44. The van der Waals surface area contributed by atoms with Gasteiger partial charge in [0.25, 0.3) is 0 Å². The number of hydrogen-bond donors (Lipinski definition) is 0. The lowest BCUT2D eigenvalue weighted by molar-refractivity contribution is -0.0592. The molecule has 0 aromatic carbocycles. The predicted octanol–water partition coefficient (Wildman–Crippen LogP) is 2.70. The quantitative estimate of drug-likeness (QED) is 0.806. The molecule has 23 heavy (non-hydrogen) atoms. The minimum atomic E-state index is 0.374. The van der Waals surface area contributed by atoms with Gasteiger partial charge in [0.05, 0.1) is 18.4 Å². The third-order valence-corrected chi connectivity index (χ3v) is 5.70. The average Bonchev–Trinajstić information content (AvgIpc) is 3.18. The van der Waals surface area contributed by atoms with E-state index in [0.717, 1.165) is 56.7 Å². The van der Waals surface area contributed by atoms with Gasteiger partial charge in [-0.2, -0.15) is 0 Å². The molecule has 3 aliphatic rings. The highest BCUT2D eigenvalue weighted by atomic mass is 16.5. The van der Waals surface area contributed by atoms with Crippen molar-refractivity contribution in [3.63, 3.8) is 0 Å². The molecule has 0 radical (unpaired) electrons. The van der Waals surface area contributed by atoms with Crippen molar-refractivity contribution in [3.05, 3.63) is 17.0 Å². The van der Waals surface area contributed by atoms with E-state index in [-0.39, 0.29) is 0 Å². The molecule has 4 rings (SSSR count). The standard InChI is InChI=1S/C18H28N2O3/c1-12-16(13(2)23-19-12)9-20-5-6-22-18-8-15(7-17(18)20)11-21-10-14-3-4-14/h14-15,17-18H,3-11H2,1-2H3/t15-,17+,18+/m0/s1. The van der Waals surface area contributed by atoms with E-state index in [4.69, 9.17) is 14.0 Å². The van der Waals surface area contributed by atoms with Crippen molar-refractivity contribution >= 4 is 0 Å². The van der Waals surface area contributed by atoms with Crippen molar-refractivity contribution in [1.82, 2.24) is 10.1 Å². The second kappa shape index (κ2) is 6.54. The van der Waals surface area contributed by atoms with Crippen LogP contribution in [0, 0.1) is 25.7 Å². The molecule has 3 fully saturated rings. The molecule has 0 amide bonds. The molecule has 2 saturated carbocycles. The minimum Gasteiger partial charge on any atom is -0.381 e. The topological polar surface area (TPSA) is 47.7 Å². The third-order valence-electron chi connectivity index (χ3n) is 5.70. The van der Waals surface area contributed by atoms with Gasteiger partial charge in [0, 0.05) is 37.9 Å². The van der Waals surface area contributed by atoms with E-state index in [1.165, 1.54) is 24.8 Å². The van der Waals surface area contributed by atoms with Crippen molar-refractivity contribution in [2.24, 2.45) is 11.8 Å². The maximum Gasteiger partial charge on any atom is 0.138 e. The number of hydrogen-bond acceptors (Lipinski definition) is 5. The first-order valence-electron chi connectivity index (χ1n) is 9.06. The van der Waals surface area contributed by atoms with Gasteiger partial charge in [-0.05, 0) is 51.4 Å². The summed E-state index contributed by atoms with van der Waals surface area (Å²) >= 11 is 0. The zero-order valence-corrected chi connectivity index (χ0v) is 14.3. The lowest BCUT2D eigenvalue weighted by Crippen LogP contribution is -2.48. The van der Waals surface area contributed by atoms with Crippen LogP contribution in [0.25, 0.3) is 0 Å². The summed E-state index contributed by atoms with van der Waals surface area (Å²) in [7, 11) is 0. The van der Waals surface area contributed by atoms with Crippen molar-refractivity contribution in [3.8, 4) is 0 Å². The van der Waals surface area contributed by atoms with Crippen LogP contribution in [-0.4, -0.2) is 48.6 Å². The van der Waals surface area contributed by atoms with E-state index in [0.29, 0.717) is 18.1 Å². The Hall–Kier alpha value is -0.910. The molecule has 3 atom stereocenters. The molecule has 128 valence electrons. The zero-order valence-electron chi connectivity index (χ0n) is 14.3. The van der Waals surface area contributed by atoms with Crippen molar-refractivity contribution in [2.75, 3.05) is 26.4 Å². The first-order chi connectivity index (χ1) is 11.2. The van der Waals surface area contributed by atoms with Crippen molar-refractivity contribution < 1.29 is 14.0 Å². The summed E-state index contributed by atoms with van der Waals surface area (Å²) in [5.41, 5.74) is 2.27. The van der Waals surface area contributed by atoms with Crippen molar-refractivity contribution in [2.45, 2.75) is 58.2 Å². The van der Waals surface area contributed by atoms with Crippen LogP contribution in [0.1, 0.15) is 42.7 Å². The molecular formula is C18H28N2O3. The number of fused-ring (bicyclic) bond motifs is 1. The lowest BCUT2D eigenvalue weighted by atomic mass is 10.1. The Morgan fingerprint density at radius 3 is 2.74 bits per heavy atom. The molecular weight excluding hydrogens is 292 g/mol. The van der Waals surface area contributed by atoms with E-state index >= 15 is 0 Å². The van der Waals surface area contributed by atoms with Gasteiger partial charge in [0.15, 0.2) is 0 Å². The maximum atomic E-state index is 6.05. The number of morpholine rings is 1. The third kappa shape index (κ3) is 3.47. The van der Waals surface area contributed by atoms with Gasteiger partial charge < -0.3 is 14.0 Å². The first kappa shape index (κ1) is 15.6. The molecule has 1 aliphatic heterocycles. The van der Waals surface area contributed by atoms with Crippen LogP contribution >= 0.6 is 0 Å². The summed E-state index contributed by atoms with van der Waals surface area (Å²) in [5.74, 6) is 2.45. The number of aromatic nitrogens is 1. The second-order valence-electron chi connectivity index (χ2n) is 7.57. The Balaban J connectivity index is 1.35. The van der Waals surface area contributed by atoms with Gasteiger partial charge in [0.2, 0.25) is 0 Å². The SMILES string of the molecule is Cc1noc(C)c1CN1CCO[C@@H]2C[C@@H](COCC3CC3)C[C@H]21. The molecule has 2 heterocycles. The number of ether oxygens (including phenoxy) is 2. The van der Waals surface area contributed by atoms with E-state index < -0.39 is 0 Å². The fourth-order valence-corrected chi connectivity index (χ4v) is 4.07. The maximum absolute atomic E-state index is 6.05. The zero-order chi connectivity index (χ0) is 15.8. The molecule has 2 aliphatic carbocycles. The average molecular weight is 320 g/mol. The molecule has 1 aromatic heterocycles. The van der Waals surface area contributed by atoms with Crippen LogP contribution in [0.2, 0.25) is 0 Å². The largest absolute Gasteiger partial charge is 0.381 e. The van der Waals surface area contributed by atoms with Gasteiger partial charge >= 0.3 is 0 Å². The highest BCUT2D eigenvalue weighted by Gasteiger charge is 2.41. The highest BCUT2D eigenvalue weighted by Crippen LogP contribution is 2.36. The normalized spacial score (nSPS) is 31.5. The number of rotatable bonds is 6. The molecule has 5 nitrogen and oxygen atoms in total. The predicted molar refractivity (Wildman–Crippen MR) is 86.2 cm³/mol. The van der Waals surface area contributed by atoms with Crippen LogP contribution in [0.4, 0.5) is 0 Å². The summed E-state index contributed by atoms with van der Waals surface area (Å²) in [6, 6.07) is 0.520. The van der Waals surface area contributed by atoms with Gasteiger partial charge in [-0.1, -0.05) is 5.16 Å². The van der Waals surface area contributed by atoms with E-state index in [1.54, 1.807) is 0 Å². The molecule has 5 heteroatoms. The Bertz CT molecular complexity index is 521. The highest BCUT2D eigenvalue weighted by molar-refractivity contribution is 5.21. The number of nitrogens with zero attached hydrogens (tertiary/aromatic N) is 2. The van der Waals surface area contributed by atoms with Crippen LogP contribution in [0.5, 0.6) is 0 Å². The smallest absolute Gasteiger partial charge is 0.138 e. The molecule has 0 bridgehead atoms. The second-order valence-corrected chi connectivity index (χ2v) is 7.57. The first-order valence-corrected chi connectivity index (χ1v) is 9.06.